The molecule has 2 rings (SSSR count). The summed E-state index contributed by atoms with van der Waals surface area (Å²) in [5, 5.41) is 5.50. The monoisotopic (exact) mass is 303 g/mol. The van der Waals surface area contributed by atoms with Crippen molar-refractivity contribution in [2.24, 2.45) is 5.92 Å². The van der Waals surface area contributed by atoms with E-state index in [-0.39, 0.29) is 0 Å². The first-order valence-corrected chi connectivity index (χ1v) is 9.38. The van der Waals surface area contributed by atoms with E-state index in [0.29, 0.717) is 16.4 Å². The largest absolute Gasteiger partial charge is 0.360 e. The van der Waals surface area contributed by atoms with Crippen molar-refractivity contribution in [2.75, 3.05) is 23.4 Å². The summed E-state index contributed by atoms with van der Waals surface area (Å²) in [6.07, 6.45) is 1.20. The fraction of sp³-hybridized carbons (Fsp3) is 0.833. The second kappa shape index (κ2) is 7.01. The molecule has 0 aromatic carbocycles. The van der Waals surface area contributed by atoms with Crippen LogP contribution in [0.1, 0.15) is 38.3 Å². The van der Waals surface area contributed by atoms with Gasteiger partial charge in [-0.15, -0.1) is 11.8 Å². The molecule has 0 amide bonds. The molecule has 2 unspecified atom stereocenters. The van der Waals surface area contributed by atoms with E-state index in [0.717, 1.165) is 17.5 Å². The molecule has 1 saturated heterocycles. The van der Waals surface area contributed by atoms with Crippen LogP contribution in [0.5, 0.6) is 0 Å². The Kier molecular flexibility index (Phi) is 5.63. The van der Waals surface area contributed by atoms with Crippen molar-refractivity contribution in [2.45, 2.75) is 37.7 Å². The molecule has 6 heteroatoms. The summed E-state index contributed by atoms with van der Waals surface area (Å²) in [5.41, 5.74) is 0. The molecule has 3 nitrogen and oxygen atoms in total. The summed E-state index contributed by atoms with van der Waals surface area (Å²) < 4.78 is 4.55. The Morgan fingerprint density at radius 1 is 1.33 bits per heavy atom. The van der Waals surface area contributed by atoms with Gasteiger partial charge in [-0.1, -0.05) is 20.8 Å². The van der Waals surface area contributed by atoms with Crippen molar-refractivity contribution in [3.63, 3.8) is 0 Å². The van der Waals surface area contributed by atoms with E-state index in [4.69, 9.17) is 0 Å². The molecule has 1 aromatic heterocycles. The maximum atomic E-state index is 4.67. The van der Waals surface area contributed by atoms with E-state index in [1.807, 2.05) is 11.8 Å². The third-order valence-corrected chi connectivity index (χ3v) is 6.74. The minimum atomic E-state index is 0.486. The molecule has 0 aliphatic carbocycles. The smallest absolute Gasteiger partial charge is 0.202 e. The average Bonchev–Trinajstić information content (AvgIpc) is 2.85. The Labute approximate surface area is 122 Å². The number of aromatic nitrogens is 2. The highest BCUT2D eigenvalue weighted by atomic mass is 32.2. The van der Waals surface area contributed by atoms with Crippen LogP contribution in [0.2, 0.25) is 0 Å². The van der Waals surface area contributed by atoms with Crippen LogP contribution in [-0.4, -0.2) is 32.7 Å². The van der Waals surface area contributed by atoms with Crippen molar-refractivity contribution in [1.29, 1.82) is 0 Å². The Hall–Kier alpha value is 0.0600. The highest BCUT2D eigenvalue weighted by Crippen LogP contribution is 2.43. The molecule has 0 bridgehead atoms. The van der Waals surface area contributed by atoms with Gasteiger partial charge in [0.15, 0.2) is 5.82 Å². The second-order valence-electron chi connectivity index (χ2n) is 4.84. The van der Waals surface area contributed by atoms with Gasteiger partial charge in [-0.3, -0.25) is 0 Å². The molecular formula is C12H21N3S3. The van der Waals surface area contributed by atoms with Crippen LogP contribution >= 0.6 is 35.1 Å². The van der Waals surface area contributed by atoms with Gasteiger partial charge in [-0.05, 0) is 12.3 Å². The van der Waals surface area contributed by atoms with Gasteiger partial charge in [-0.2, -0.15) is 16.1 Å². The van der Waals surface area contributed by atoms with Crippen LogP contribution in [0, 0.1) is 5.92 Å². The molecule has 2 atom stereocenters. The summed E-state index contributed by atoms with van der Waals surface area (Å²) in [4.78, 5) is 4.67. The second-order valence-corrected chi connectivity index (χ2v) is 8.19. The Morgan fingerprint density at radius 3 is 2.83 bits per heavy atom. The van der Waals surface area contributed by atoms with Crippen molar-refractivity contribution >= 4 is 40.2 Å². The van der Waals surface area contributed by atoms with Crippen LogP contribution in [0.4, 0.5) is 5.13 Å². The van der Waals surface area contributed by atoms with E-state index in [9.17, 15) is 0 Å². The highest BCUT2D eigenvalue weighted by molar-refractivity contribution is 8.06. The highest BCUT2D eigenvalue weighted by Gasteiger charge is 2.29. The molecule has 1 aliphatic heterocycles. The van der Waals surface area contributed by atoms with Crippen molar-refractivity contribution in [3.8, 4) is 0 Å². The fourth-order valence-corrected chi connectivity index (χ4v) is 5.53. The number of anilines is 1. The third-order valence-electron chi connectivity index (χ3n) is 2.81. The molecule has 2 heterocycles. The Morgan fingerprint density at radius 2 is 2.11 bits per heavy atom. The lowest BCUT2D eigenvalue weighted by Crippen LogP contribution is -2.19. The van der Waals surface area contributed by atoms with Gasteiger partial charge in [0.1, 0.15) is 0 Å². The molecule has 1 N–H and O–H groups in total. The van der Waals surface area contributed by atoms with Gasteiger partial charge in [0.2, 0.25) is 5.13 Å². The molecule has 1 aromatic rings. The van der Waals surface area contributed by atoms with Crippen LogP contribution in [0.15, 0.2) is 0 Å². The predicted molar refractivity (Wildman–Crippen MR) is 85.0 cm³/mol. The summed E-state index contributed by atoms with van der Waals surface area (Å²) in [5.74, 6) is 4.16. The molecule has 0 saturated carbocycles. The number of hydrogen-bond donors (Lipinski definition) is 1. The fourth-order valence-electron chi connectivity index (χ4n) is 1.86. The maximum absolute atomic E-state index is 4.67. The number of nitrogens with one attached hydrogen (secondary N) is 1. The zero-order valence-electron chi connectivity index (χ0n) is 11.2. The number of hydrogen-bond acceptors (Lipinski definition) is 6. The minimum absolute atomic E-state index is 0.486. The molecular weight excluding hydrogens is 282 g/mol. The zero-order chi connectivity index (χ0) is 13.0. The molecule has 1 fully saturated rings. The maximum Gasteiger partial charge on any atom is 0.202 e. The molecule has 18 heavy (non-hydrogen) atoms. The van der Waals surface area contributed by atoms with Crippen molar-refractivity contribution < 1.29 is 0 Å². The van der Waals surface area contributed by atoms with Gasteiger partial charge >= 0.3 is 0 Å². The Balaban J connectivity index is 1.99. The average molecular weight is 304 g/mol. The van der Waals surface area contributed by atoms with Crippen molar-refractivity contribution in [1.82, 2.24) is 9.36 Å². The van der Waals surface area contributed by atoms with Gasteiger partial charge in [-0.25, -0.2) is 4.98 Å². The van der Waals surface area contributed by atoms with Crippen LogP contribution in [0.3, 0.4) is 0 Å². The molecule has 0 spiro atoms. The zero-order valence-corrected chi connectivity index (χ0v) is 13.6. The normalized spacial score (nSPS) is 24.4. The number of thioether (sulfide) groups is 2. The number of nitrogens with zero attached hydrogens (tertiary/aromatic N) is 2. The van der Waals surface area contributed by atoms with Gasteiger partial charge in [0.25, 0.3) is 0 Å². The summed E-state index contributed by atoms with van der Waals surface area (Å²) in [7, 11) is 0. The topological polar surface area (TPSA) is 37.8 Å². The van der Waals surface area contributed by atoms with Gasteiger partial charge in [0, 0.05) is 34.8 Å². The summed E-state index contributed by atoms with van der Waals surface area (Å²) in [6, 6.07) is 0. The predicted octanol–water partition coefficient (Wildman–Crippen LogP) is 3.91. The summed E-state index contributed by atoms with van der Waals surface area (Å²) in [6.45, 7) is 7.64. The van der Waals surface area contributed by atoms with E-state index in [2.05, 4.69) is 47.2 Å². The first-order chi connectivity index (χ1) is 8.70. The van der Waals surface area contributed by atoms with Crippen LogP contribution < -0.4 is 5.32 Å². The van der Waals surface area contributed by atoms with E-state index in [1.54, 1.807) is 0 Å². The standard InChI is InChI=1S/C12H21N3S3/c1-4-9-10(17-6-5-16-9)11-14-12(18-15-11)13-7-8(2)3/h8-10H,4-7H2,1-3H3,(H,13,14,15). The van der Waals surface area contributed by atoms with E-state index in [1.165, 1.54) is 29.5 Å². The van der Waals surface area contributed by atoms with Crippen molar-refractivity contribution in [3.05, 3.63) is 5.82 Å². The molecule has 0 radical (unpaired) electrons. The van der Waals surface area contributed by atoms with Crippen LogP contribution in [0.25, 0.3) is 0 Å². The quantitative estimate of drug-likeness (QED) is 0.893. The summed E-state index contributed by atoms with van der Waals surface area (Å²) >= 11 is 5.60. The SMILES string of the molecule is CCC1SCCSC1c1nsc(NCC(C)C)n1. The van der Waals surface area contributed by atoms with Crippen LogP contribution in [-0.2, 0) is 0 Å². The first-order valence-electron chi connectivity index (χ1n) is 6.51. The third kappa shape index (κ3) is 3.78. The van der Waals surface area contributed by atoms with E-state index < -0.39 is 0 Å². The molecule has 102 valence electrons. The first kappa shape index (κ1) is 14.5. The lowest BCUT2D eigenvalue weighted by molar-refractivity contribution is 0.687. The van der Waals surface area contributed by atoms with Gasteiger partial charge in [0.05, 0.1) is 5.25 Å². The lowest BCUT2D eigenvalue weighted by atomic mass is 10.2. The lowest BCUT2D eigenvalue weighted by Gasteiger charge is -2.27. The van der Waals surface area contributed by atoms with E-state index >= 15 is 0 Å². The minimum Gasteiger partial charge on any atom is -0.360 e. The Bertz CT molecular complexity index is 367. The number of rotatable bonds is 5. The van der Waals surface area contributed by atoms with Gasteiger partial charge < -0.3 is 5.32 Å². The molecule has 1 aliphatic rings.